The van der Waals surface area contributed by atoms with Crippen LogP contribution in [0.2, 0.25) is 0 Å². The first-order valence-electron chi connectivity index (χ1n) is 6.88. The number of ketones is 1. The highest BCUT2D eigenvalue weighted by molar-refractivity contribution is 7.15. The number of hydrogen-bond donors (Lipinski definition) is 2. The Morgan fingerprint density at radius 1 is 1.35 bits per heavy atom. The molecule has 0 spiro atoms. The van der Waals surface area contributed by atoms with E-state index in [1.807, 2.05) is 6.92 Å². The average Bonchev–Trinajstić information content (AvgIpc) is 2.96. The summed E-state index contributed by atoms with van der Waals surface area (Å²) in [6.07, 6.45) is 0.566. The number of aryl methyl sites for hydroxylation is 1. The van der Waals surface area contributed by atoms with Gasteiger partial charge in [0.05, 0.1) is 17.0 Å². The summed E-state index contributed by atoms with van der Waals surface area (Å²) in [6.45, 7) is 1.66. The normalized spacial score (nSPS) is 10.3. The second-order valence-corrected chi connectivity index (χ2v) is 5.55. The molecule has 0 fully saturated rings. The molecule has 0 saturated heterocycles. The zero-order chi connectivity index (χ0) is 17.0. The van der Waals surface area contributed by atoms with Gasteiger partial charge in [-0.3, -0.25) is 19.7 Å². The van der Waals surface area contributed by atoms with E-state index >= 15 is 0 Å². The van der Waals surface area contributed by atoms with E-state index in [1.54, 1.807) is 11.4 Å². The zero-order valence-electron chi connectivity index (χ0n) is 12.4. The van der Waals surface area contributed by atoms with Crippen LogP contribution in [0.4, 0.5) is 10.7 Å². The maximum atomic E-state index is 12.8. The van der Waals surface area contributed by atoms with Crippen LogP contribution >= 0.6 is 11.3 Å². The number of thiophene rings is 1. The predicted molar refractivity (Wildman–Crippen MR) is 87.9 cm³/mol. The Labute approximate surface area is 136 Å². The standard InChI is InChI=1S/C15H15N3O4S/c1-2-9-8-23-15(17-12(19)7-16)13(9)14(20)10-5-3-4-6-11(10)18(21)22/h3-6,8H,2,7,16H2,1H3,(H,17,19). The van der Waals surface area contributed by atoms with Gasteiger partial charge in [-0.25, -0.2) is 0 Å². The lowest BCUT2D eigenvalue weighted by Crippen LogP contribution is -2.22. The van der Waals surface area contributed by atoms with Crippen molar-refractivity contribution in [3.05, 3.63) is 56.5 Å². The number of nitro groups is 1. The molecule has 3 N–H and O–H groups in total. The van der Waals surface area contributed by atoms with E-state index in [4.69, 9.17) is 5.73 Å². The number of hydrogen-bond acceptors (Lipinski definition) is 6. The van der Waals surface area contributed by atoms with E-state index in [0.29, 0.717) is 11.4 Å². The van der Waals surface area contributed by atoms with E-state index in [-0.39, 0.29) is 23.4 Å². The fourth-order valence-electron chi connectivity index (χ4n) is 2.13. The first kappa shape index (κ1) is 16.8. The smallest absolute Gasteiger partial charge is 0.280 e. The minimum atomic E-state index is -0.594. The third kappa shape index (κ3) is 3.43. The molecule has 1 aromatic carbocycles. The van der Waals surface area contributed by atoms with Gasteiger partial charge in [0.1, 0.15) is 10.6 Å². The van der Waals surface area contributed by atoms with Crippen molar-refractivity contribution in [2.24, 2.45) is 5.73 Å². The van der Waals surface area contributed by atoms with E-state index in [1.165, 1.54) is 29.5 Å². The van der Waals surface area contributed by atoms with Crippen LogP contribution in [0.15, 0.2) is 29.6 Å². The third-order valence-corrected chi connectivity index (χ3v) is 4.20. The topological polar surface area (TPSA) is 115 Å². The van der Waals surface area contributed by atoms with Crippen LogP contribution in [0.3, 0.4) is 0 Å². The van der Waals surface area contributed by atoms with Crippen molar-refractivity contribution in [1.82, 2.24) is 0 Å². The van der Waals surface area contributed by atoms with Crippen LogP contribution < -0.4 is 11.1 Å². The summed E-state index contributed by atoms with van der Waals surface area (Å²) >= 11 is 1.20. The van der Waals surface area contributed by atoms with E-state index in [9.17, 15) is 19.7 Å². The lowest BCUT2D eigenvalue weighted by Gasteiger charge is -2.07. The van der Waals surface area contributed by atoms with Crippen molar-refractivity contribution < 1.29 is 14.5 Å². The van der Waals surface area contributed by atoms with Gasteiger partial charge in [-0.05, 0) is 23.4 Å². The molecule has 0 atom stereocenters. The highest BCUT2D eigenvalue weighted by atomic mass is 32.1. The predicted octanol–water partition coefficient (Wildman–Crippen LogP) is 2.35. The minimum Gasteiger partial charge on any atom is -0.322 e. The summed E-state index contributed by atoms with van der Waals surface area (Å²) in [5.41, 5.74) is 6.02. The zero-order valence-corrected chi connectivity index (χ0v) is 13.2. The number of rotatable bonds is 6. The molecular weight excluding hydrogens is 318 g/mol. The molecule has 0 aliphatic carbocycles. The summed E-state index contributed by atoms with van der Waals surface area (Å²) < 4.78 is 0. The molecule has 8 heteroatoms. The third-order valence-electron chi connectivity index (χ3n) is 3.26. The lowest BCUT2D eigenvalue weighted by molar-refractivity contribution is -0.385. The molecule has 2 rings (SSSR count). The van der Waals surface area contributed by atoms with Crippen LogP contribution in [-0.2, 0) is 11.2 Å². The molecular formula is C15H15N3O4S. The molecule has 0 bridgehead atoms. The fourth-order valence-corrected chi connectivity index (χ4v) is 3.19. The maximum absolute atomic E-state index is 12.8. The van der Waals surface area contributed by atoms with Crippen molar-refractivity contribution >= 4 is 33.7 Å². The summed E-state index contributed by atoms with van der Waals surface area (Å²) in [6, 6.07) is 5.76. The van der Waals surface area contributed by atoms with Gasteiger partial charge in [-0.1, -0.05) is 19.1 Å². The quantitative estimate of drug-likeness (QED) is 0.478. The molecule has 0 unspecified atom stereocenters. The Hall–Kier alpha value is -2.58. The molecule has 0 aliphatic heterocycles. The number of para-hydroxylation sites is 1. The number of amides is 1. The van der Waals surface area contributed by atoms with Crippen molar-refractivity contribution in [2.75, 3.05) is 11.9 Å². The van der Waals surface area contributed by atoms with Crippen molar-refractivity contribution in [1.29, 1.82) is 0 Å². The average molecular weight is 333 g/mol. The molecule has 0 radical (unpaired) electrons. The molecule has 7 nitrogen and oxygen atoms in total. The van der Waals surface area contributed by atoms with E-state index in [0.717, 1.165) is 5.56 Å². The van der Waals surface area contributed by atoms with Gasteiger partial charge < -0.3 is 11.1 Å². The Balaban J connectivity index is 2.53. The van der Waals surface area contributed by atoms with Crippen molar-refractivity contribution in [3.63, 3.8) is 0 Å². The van der Waals surface area contributed by atoms with Crippen molar-refractivity contribution in [2.45, 2.75) is 13.3 Å². The van der Waals surface area contributed by atoms with Crippen LogP contribution in [0.25, 0.3) is 0 Å². The molecule has 1 aromatic heterocycles. The van der Waals surface area contributed by atoms with Crippen LogP contribution in [0.5, 0.6) is 0 Å². The van der Waals surface area contributed by atoms with Gasteiger partial charge in [-0.15, -0.1) is 11.3 Å². The van der Waals surface area contributed by atoms with Gasteiger partial charge in [0.25, 0.3) is 5.69 Å². The first-order chi connectivity index (χ1) is 11.0. The number of nitrogens with one attached hydrogen (secondary N) is 1. The highest BCUT2D eigenvalue weighted by Crippen LogP contribution is 2.33. The number of nitro benzene ring substituents is 1. The Morgan fingerprint density at radius 3 is 2.65 bits per heavy atom. The maximum Gasteiger partial charge on any atom is 0.280 e. The van der Waals surface area contributed by atoms with Gasteiger partial charge in [0, 0.05) is 6.07 Å². The van der Waals surface area contributed by atoms with E-state index < -0.39 is 16.6 Å². The van der Waals surface area contributed by atoms with Gasteiger partial charge in [-0.2, -0.15) is 0 Å². The first-order valence-corrected chi connectivity index (χ1v) is 7.75. The lowest BCUT2D eigenvalue weighted by atomic mass is 9.99. The second kappa shape index (κ2) is 7.12. The fraction of sp³-hybridized carbons (Fsp3) is 0.200. The Kier molecular flexibility index (Phi) is 5.20. The number of nitrogens with zero attached hydrogens (tertiary/aromatic N) is 1. The van der Waals surface area contributed by atoms with Crippen LogP contribution in [0, 0.1) is 10.1 Å². The van der Waals surface area contributed by atoms with E-state index in [2.05, 4.69) is 5.32 Å². The molecule has 1 heterocycles. The van der Waals surface area contributed by atoms with Gasteiger partial charge >= 0.3 is 0 Å². The molecule has 0 aliphatic rings. The number of carbonyl (C=O) groups excluding carboxylic acids is 2. The summed E-state index contributed by atoms with van der Waals surface area (Å²) in [7, 11) is 0. The van der Waals surface area contributed by atoms with Gasteiger partial charge in [0.15, 0.2) is 0 Å². The van der Waals surface area contributed by atoms with Crippen molar-refractivity contribution in [3.8, 4) is 0 Å². The Morgan fingerprint density at radius 2 is 2.04 bits per heavy atom. The molecule has 23 heavy (non-hydrogen) atoms. The minimum absolute atomic E-state index is 0.00570. The number of carbonyl (C=O) groups is 2. The summed E-state index contributed by atoms with van der Waals surface area (Å²) in [5, 5.41) is 15.8. The highest BCUT2D eigenvalue weighted by Gasteiger charge is 2.26. The number of anilines is 1. The van der Waals surface area contributed by atoms with Crippen LogP contribution in [-0.4, -0.2) is 23.2 Å². The molecule has 120 valence electrons. The SMILES string of the molecule is CCc1csc(NC(=O)CN)c1C(=O)c1ccccc1[N+](=O)[O-]. The summed E-state index contributed by atoms with van der Waals surface area (Å²) in [5.74, 6) is -0.908. The summed E-state index contributed by atoms with van der Waals surface area (Å²) in [4.78, 5) is 34.9. The largest absolute Gasteiger partial charge is 0.322 e. The molecule has 0 saturated carbocycles. The number of benzene rings is 1. The van der Waals surface area contributed by atoms with Crippen LogP contribution in [0.1, 0.15) is 28.4 Å². The molecule has 1 amide bonds. The number of nitrogens with two attached hydrogens (primary N) is 1. The monoisotopic (exact) mass is 333 g/mol. The van der Waals surface area contributed by atoms with Gasteiger partial charge in [0.2, 0.25) is 11.7 Å². The second-order valence-electron chi connectivity index (χ2n) is 4.67. The molecule has 2 aromatic rings. The Bertz CT molecular complexity index is 770.